The van der Waals surface area contributed by atoms with Gasteiger partial charge in [-0.2, -0.15) is 0 Å². The Morgan fingerprint density at radius 3 is 2.39 bits per heavy atom. The van der Waals surface area contributed by atoms with Gasteiger partial charge in [-0.05, 0) is 18.4 Å². The van der Waals surface area contributed by atoms with E-state index < -0.39 is 11.4 Å². The second-order valence-electron chi connectivity index (χ2n) is 4.82. The van der Waals surface area contributed by atoms with Crippen LogP contribution in [0.25, 0.3) is 0 Å². The maximum Gasteiger partial charge on any atom is 0.305 e. The first-order valence-electron chi connectivity index (χ1n) is 6.09. The molecule has 0 unspecified atom stereocenters. The highest BCUT2D eigenvalue weighted by atomic mass is 16.4. The number of carboxylic acid groups (broad SMARTS) is 1. The molecule has 1 amide bonds. The number of rotatable bonds is 5. The number of benzene rings is 1. The Kier molecular flexibility index (Phi) is 3.36. The van der Waals surface area contributed by atoms with Crippen molar-refractivity contribution in [3.8, 4) is 0 Å². The molecule has 0 aromatic heterocycles. The Morgan fingerprint density at radius 1 is 1.28 bits per heavy atom. The number of hydrogen-bond donors (Lipinski definition) is 1. The number of nitrogens with zero attached hydrogens (tertiary/aromatic N) is 1. The predicted octanol–water partition coefficient (Wildman–Crippen LogP) is 1.65. The van der Waals surface area contributed by atoms with E-state index in [0.29, 0.717) is 0 Å². The summed E-state index contributed by atoms with van der Waals surface area (Å²) in [5.74, 6) is -0.839. The zero-order chi connectivity index (χ0) is 13.2. The molecule has 1 saturated carbocycles. The molecule has 0 aliphatic heterocycles. The van der Waals surface area contributed by atoms with Gasteiger partial charge in [-0.25, -0.2) is 0 Å². The van der Waals surface area contributed by atoms with E-state index in [-0.39, 0.29) is 18.9 Å². The number of carboxylic acids is 1. The van der Waals surface area contributed by atoms with Crippen LogP contribution < -0.4 is 0 Å². The van der Waals surface area contributed by atoms with Gasteiger partial charge in [0.15, 0.2) is 0 Å². The van der Waals surface area contributed by atoms with Gasteiger partial charge in [0.05, 0.1) is 11.8 Å². The molecule has 96 valence electrons. The van der Waals surface area contributed by atoms with Crippen molar-refractivity contribution in [1.82, 2.24) is 4.90 Å². The maximum atomic E-state index is 12.4. The van der Waals surface area contributed by atoms with E-state index >= 15 is 0 Å². The second-order valence-corrected chi connectivity index (χ2v) is 4.82. The van der Waals surface area contributed by atoms with Crippen LogP contribution in [0.4, 0.5) is 0 Å². The molecule has 0 radical (unpaired) electrons. The van der Waals surface area contributed by atoms with Crippen LogP contribution in [-0.4, -0.2) is 35.5 Å². The van der Waals surface area contributed by atoms with Crippen LogP contribution in [-0.2, 0) is 15.0 Å². The van der Waals surface area contributed by atoms with Crippen molar-refractivity contribution in [2.75, 3.05) is 13.6 Å². The Labute approximate surface area is 106 Å². The van der Waals surface area contributed by atoms with Crippen LogP contribution in [0.15, 0.2) is 30.3 Å². The average Bonchev–Trinajstić information content (AvgIpc) is 3.17. The molecule has 0 bridgehead atoms. The standard InChI is InChI=1S/C14H17NO3/c1-15(10-7-12(16)17)13(18)14(8-9-14)11-5-3-2-4-6-11/h2-6H,7-10H2,1H3,(H,16,17). The molecule has 1 aliphatic carbocycles. The third kappa shape index (κ3) is 2.37. The highest BCUT2D eigenvalue weighted by Gasteiger charge is 2.52. The lowest BCUT2D eigenvalue weighted by Gasteiger charge is -2.23. The molecule has 1 aliphatic rings. The van der Waals surface area contributed by atoms with Crippen molar-refractivity contribution in [3.05, 3.63) is 35.9 Å². The zero-order valence-corrected chi connectivity index (χ0v) is 10.4. The Hall–Kier alpha value is -1.84. The van der Waals surface area contributed by atoms with Crippen molar-refractivity contribution in [2.24, 2.45) is 0 Å². The molecule has 4 heteroatoms. The number of hydrogen-bond acceptors (Lipinski definition) is 2. The molecule has 2 rings (SSSR count). The van der Waals surface area contributed by atoms with Gasteiger partial charge in [0.1, 0.15) is 0 Å². The van der Waals surface area contributed by atoms with E-state index in [4.69, 9.17) is 5.11 Å². The van der Waals surface area contributed by atoms with Crippen LogP contribution in [0, 0.1) is 0 Å². The number of carbonyl (C=O) groups is 2. The molecular weight excluding hydrogens is 230 g/mol. The van der Waals surface area contributed by atoms with E-state index in [9.17, 15) is 9.59 Å². The van der Waals surface area contributed by atoms with Gasteiger partial charge in [0, 0.05) is 13.6 Å². The normalized spacial score (nSPS) is 16.1. The number of carbonyl (C=O) groups excluding carboxylic acids is 1. The Balaban J connectivity index is 2.07. The van der Waals surface area contributed by atoms with E-state index in [1.807, 2.05) is 30.3 Å². The number of aliphatic carboxylic acids is 1. The summed E-state index contributed by atoms with van der Waals surface area (Å²) in [5, 5.41) is 8.64. The molecule has 18 heavy (non-hydrogen) atoms. The van der Waals surface area contributed by atoms with Crippen molar-refractivity contribution >= 4 is 11.9 Å². The fourth-order valence-corrected chi connectivity index (χ4v) is 2.24. The highest BCUT2D eigenvalue weighted by molar-refractivity contribution is 5.91. The Morgan fingerprint density at radius 2 is 1.89 bits per heavy atom. The lowest BCUT2D eigenvalue weighted by molar-refractivity contribution is -0.138. The first-order chi connectivity index (χ1) is 8.56. The fraction of sp³-hybridized carbons (Fsp3) is 0.429. The van der Waals surface area contributed by atoms with Gasteiger partial charge in [-0.3, -0.25) is 9.59 Å². The van der Waals surface area contributed by atoms with E-state index in [1.54, 1.807) is 7.05 Å². The van der Waals surface area contributed by atoms with Gasteiger partial charge in [0.25, 0.3) is 0 Å². The SMILES string of the molecule is CN(CCC(=O)O)C(=O)C1(c2ccccc2)CC1. The number of likely N-dealkylation sites (N-methyl/N-ethyl adjacent to an activating group) is 1. The monoisotopic (exact) mass is 247 g/mol. The van der Waals surface area contributed by atoms with Crippen LogP contribution in [0.5, 0.6) is 0 Å². The van der Waals surface area contributed by atoms with Crippen LogP contribution >= 0.6 is 0 Å². The molecular formula is C14H17NO3. The highest BCUT2D eigenvalue weighted by Crippen LogP contribution is 2.49. The third-order valence-electron chi connectivity index (χ3n) is 3.49. The molecule has 0 atom stereocenters. The van der Waals surface area contributed by atoms with Gasteiger partial charge in [-0.1, -0.05) is 30.3 Å². The van der Waals surface area contributed by atoms with Gasteiger partial charge >= 0.3 is 5.97 Å². The smallest absolute Gasteiger partial charge is 0.305 e. The summed E-state index contributed by atoms with van der Waals surface area (Å²) < 4.78 is 0. The summed E-state index contributed by atoms with van der Waals surface area (Å²) in [5.41, 5.74) is 0.645. The number of amides is 1. The summed E-state index contributed by atoms with van der Waals surface area (Å²) >= 11 is 0. The lowest BCUT2D eigenvalue weighted by Crippen LogP contribution is -2.37. The molecule has 1 N–H and O–H groups in total. The van der Waals surface area contributed by atoms with Crippen molar-refractivity contribution in [3.63, 3.8) is 0 Å². The van der Waals surface area contributed by atoms with Crippen molar-refractivity contribution in [2.45, 2.75) is 24.7 Å². The zero-order valence-electron chi connectivity index (χ0n) is 10.4. The van der Waals surface area contributed by atoms with Gasteiger partial charge in [0.2, 0.25) is 5.91 Å². The molecule has 0 spiro atoms. The molecule has 1 fully saturated rings. The summed E-state index contributed by atoms with van der Waals surface area (Å²) in [7, 11) is 1.67. The fourth-order valence-electron chi connectivity index (χ4n) is 2.24. The molecule has 0 saturated heterocycles. The topological polar surface area (TPSA) is 57.6 Å². The van der Waals surface area contributed by atoms with Crippen molar-refractivity contribution < 1.29 is 14.7 Å². The summed E-state index contributed by atoms with van der Waals surface area (Å²) in [6.45, 7) is 0.267. The van der Waals surface area contributed by atoms with E-state index in [1.165, 1.54) is 4.90 Å². The maximum absolute atomic E-state index is 12.4. The first-order valence-corrected chi connectivity index (χ1v) is 6.09. The third-order valence-corrected chi connectivity index (χ3v) is 3.49. The molecule has 4 nitrogen and oxygen atoms in total. The first kappa shape index (κ1) is 12.6. The minimum atomic E-state index is -0.876. The summed E-state index contributed by atoms with van der Waals surface area (Å²) in [6, 6.07) is 9.73. The van der Waals surface area contributed by atoms with E-state index in [2.05, 4.69) is 0 Å². The summed E-state index contributed by atoms with van der Waals surface area (Å²) in [6.07, 6.45) is 1.70. The van der Waals surface area contributed by atoms with Crippen molar-refractivity contribution in [1.29, 1.82) is 0 Å². The lowest BCUT2D eigenvalue weighted by atomic mass is 9.94. The van der Waals surface area contributed by atoms with Crippen LogP contribution in [0.3, 0.4) is 0 Å². The summed E-state index contributed by atoms with van der Waals surface area (Å²) in [4.78, 5) is 24.4. The van der Waals surface area contributed by atoms with E-state index in [0.717, 1.165) is 18.4 Å². The molecule has 0 heterocycles. The predicted molar refractivity (Wildman–Crippen MR) is 67.2 cm³/mol. The Bertz CT molecular complexity index is 451. The molecule has 1 aromatic carbocycles. The largest absolute Gasteiger partial charge is 0.481 e. The quantitative estimate of drug-likeness (QED) is 0.860. The molecule has 1 aromatic rings. The minimum absolute atomic E-state index is 0.00684. The average molecular weight is 247 g/mol. The van der Waals surface area contributed by atoms with Crippen LogP contribution in [0.2, 0.25) is 0 Å². The van der Waals surface area contributed by atoms with Gasteiger partial charge in [-0.15, -0.1) is 0 Å². The van der Waals surface area contributed by atoms with Gasteiger partial charge < -0.3 is 10.0 Å². The minimum Gasteiger partial charge on any atom is -0.481 e. The van der Waals surface area contributed by atoms with Crippen LogP contribution in [0.1, 0.15) is 24.8 Å². The second kappa shape index (κ2) is 4.80.